The van der Waals surface area contributed by atoms with E-state index in [9.17, 15) is 5.11 Å². The predicted molar refractivity (Wildman–Crippen MR) is 120 cm³/mol. The molecular formula is C25H23ClN2O. The zero-order valence-electron chi connectivity index (χ0n) is 16.4. The van der Waals surface area contributed by atoms with Crippen LogP contribution in [-0.4, -0.2) is 14.9 Å². The van der Waals surface area contributed by atoms with Gasteiger partial charge < -0.3 is 5.11 Å². The molecule has 3 nitrogen and oxygen atoms in total. The van der Waals surface area contributed by atoms with Crippen molar-refractivity contribution in [2.45, 2.75) is 38.6 Å². The molecule has 1 N–H and O–H groups in total. The van der Waals surface area contributed by atoms with Gasteiger partial charge in [0.25, 0.3) is 0 Å². The number of halogens is 1. The molecule has 0 atom stereocenters. The van der Waals surface area contributed by atoms with Crippen LogP contribution in [0.3, 0.4) is 0 Å². The van der Waals surface area contributed by atoms with Crippen molar-refractivity contribution in [1.82, 2.24) is 9.78 Å². The third-order valence-electron chi connectivity index (χ3n) is 6.03. The molecule has 3 aromatic carbocycles. The first-order valence-electron chi connectivity index (χ1n) is 10.2. The molecule has 1 heterocycles. The molecule has 4 aromatic rings. The topological polar surface area (TPSA) is 38.1 Å². The number of para-hydroxylation sites is 1. The number of phenolic OH excluding ortho intramolecular Hbond substituents is 1. The SMILES string of the molecule is Cc1cc(O)ccc1-c1nn(C2CCCC2)c2c(-c3ccccc3Cl)cccc12. The second-order valence-electron chi connectivity index (χ2n) is 7.91. The molecule has 5 rings (SSSR count). The van der Waals surface area contributed by atoms with Crippen molar-refractivity contribution < 1.29 is 5.11 Å². The van der Waals surface area contributed by atoms with Crippen molar-refractivity contribution in [2.24, 2.45) is 0 Å². The van der Waals surface area contributed by atoms with Crippen molar-refractivity contribution in [1.29, 1.82) is 0 Å². The summed E-state index contributed by atoms with van der Waals surface area (Å²) in [6.45, 7) is 2.02. The summed E-state index contributed by atoms with van der Waals surface area (Å²) in [5.74, 6) is 0.280. The summed E-state index contributed by atoms with van der Waals surface area (Å²) in [6.07, 6.45) is 4.80. The van der Waals surface area contributed by atoms with Crippen LogP contribution in [-0.2, 0) is 0 Å². The van der Waals surface area contributed by atoms with Crippen molar-refractivity contribution in [2.75, 3.05) is 0 Å². The quantitative estimate of drug-likeness (QED) is 0.395. The summed E-state index contributed by atoms with van der Waals surface area (Å²) in [7, 11) is 0. The summed E-state index contributed by atoms with van der Waals surface area (Å²) >= 11 is 6.58. The number of hydrogen-bond donors (Lipinski definition) is 1. The summed E-state index contributed by atoms with van der Waals surface area (Å²) in [6, 6.07) is 20.3. The second kappa shape index (κ2) is 7.23. The molecule has 0 radical (unpaired) electrons. The second-order valence-corrected chi connectivity index (χ2v) is 8.32. The first-order valence-corrected chi connectivity index (χ1v) is 10.6. The fourth-order valence-corrected chi connectivity index (χ4v) is 4.85. The van der Waals surface area contributed by atoms with Gasteiger partial charge in [0.2, 0.25) is 0 Å². The van der Waals surface area contributed by atoms with E-state index in [4.69, 9.17) is 16.7 Å². The van der Waals surface area contributed by atoms with E-state index in [1.54, 1.807) is 12.1 Å². The molecule has 0 aliphatic heterocycles. The average Bonchev–Trinajstić information content (AvgIpc) is 3.36. The highest BCUT2D eigenvalue weighted by molar-refractivity contribution is 6.33. The highest BCUT2D eigenvalue weighted by atomic mass is 35.5. The number of aromatic nitrogens is 2. The maximum Gasteiger partial charge on any atom is 0.115 e. The van der Waals surface area contributed by atoms with Gasteiger partial charge >= 0.3 is 0 Å². The van der Waals surface area contributed by atoms with Gasteiger partial charge in [0.05, 0.1) is 11.6 Å². The number of rotatable bonds is 3. The third kappa shape index (κ3) is 3.10. The molecule has 0 bridgehead atoms. The Hall–Kier alpha value is -2.78. The summed E-state index contributed by atoms with van der Waals surface area (Å²) in [4.78, 5) is 0. The van der Waals surface area contributed by atoms with Gasteiger partial charge in [-0.05, 0) is 49.6 Å². The number of aromatic hydroxyl groups is 1. The zero-order valence-corrected chi connectivity index (χ0v) is 17.2. The monoisotopic (exact) mass is 402 g/mol. The normalized spacial score (nSPS) is 14.7. The van der Waals surface area contributed by atoms with E-state index in [1.165, 1.54) is 12.8 Å². The largest absolute Gasteiger partial charge is 0.508 e. The predicted octanol–water partition coefficient (Wildman–Crippen LogP) is 7.15. The zero-order chi connectivity index (χ0) is 20.0. The number of aryl methyl sites for hydroxylation is 1. The number of hydrogen-bond acceptors (Lipinski definition) is 2. The Morgan fingerprint density at radius 2 is 1.69 bits per heavy atom. The molecule has 1 aromatic heterocycles. The molecule has 4 heteroatoms. The standard InChI is InChI=1S/C25H23ClN2O/c1-16-15-18(29)13-14-19(16)24-22-11-6-10-21(20-9-4-5-12-23(20)26)25(22)28(27-24)17-7-2-3-8-17/h4-6,9-15,17,29H,2-3,7-8H2,1H3. The van der Waals surface area contributed by atoms with Crippen molar-refractivity contribution >= 4 is 22.5 Å². The average molecular weight is 403 g/mol. The van der Waals surface area contributed by atoms with Crippen molar-refractivity contribution in [3.8, 4) is 28.1 Å². The van der Waals surface area contributed by atoms with Crippen LogP contribution in [0.15, 0.2) is 60.7 Å². The molecule has 1 saturated carbocycles. The number of nitrogens with zero attached hydrogens (tertiary/aromatic N) is 2. The van der Waals surface area contributed by atoms with Crippen LogP contribution < -0.4 is 0 Å². The van der Waals surface area contributed by atoms with E-state index in [0.29, 0.717) is 6.04 Å². The van der Waals surface area contributed by atoms with Gasteiger partial charge in [-0.25, -0.2) is 0 Å². The maximum absolute atomic E-state index is 9.86. The third-order valence-corrected chi connectivity index (χ3v) is 6.36. The Labute approximate surface area is 175 Å². The molecular weight excluding hydrogens is 380 g/mol. The van der Waals surface area contributed by atoms with E-state index in [0.717, 1.165) is 56.7 Å². The smallest absolute Gasteiger partial charge is 0.115 e. The molecule has 0 amide bonds. The number of phenols is 1. The van der Waals surface area contributed by atoms with Crippen molar-refractivity contribution in [3.63, 3.8) is 0 Å². The van der Waals surface area contributed by atoms with Gasteiger partial charge in [-0.3, -0.25) is 4.68 Å². The lowest BCUT2D eigenvalue weighted by Crippen LogP contribution is -2.07. The van der Waals surface area contributed by atoms with Crippen LogP contribution in [0.1, 0.15) is 37.3 Å². The van der Waals surface area contributed by atoms with Crippen LogP contribution in [0.25, 0.3) is 33.3 Å². The molecule has 146 valence electrons. The van der Waals surface area contributed by atoms with Gasteiger partial charge in [-0.2, -0.15) is 5.10 Å². The summed E-state index contributed by atoms with van der Waals surface area (Å²) in [5.41, 5.74) is 6.35. The van der Waals surface area contributed by atoms with E-state index in [2.05, 4.69) is 28.9 Å². The fourth-order valence-electron chi connectivity index (χ4n) is 4.62. The molecule has 1 aliphatic carbocycles. The highest BCUT2D eigenvalue weighted by Crippen LogP contribution is 2.42. The van der Waals surface area contributed by atoms with E-state index in [1.807, 2.05) is 31.2 Å². The Morgan fingerprint density at radius 3 is 2.45 bits per heavy atom. The van der Waals surface area contributed by atoms with E-state index >= 15 is 0 Å². The van der Waals surface area contributed by atoms with Gasteiger partial charge in [-0.1, -0.05) is 60.8 Å². The lowest BCUT2D eigenvalue weighted by molar-refractivity contribution is 0.475. The van der Waals surface area contributed by atoms with Crippen LogP contribution >= 0.6 is 11.6 Å². The van der Waals surface area contributed by atoms with Crippen LogP contribution in [0.5, 0.6) is 5.75 Å². The minimum atomic E-state index is 0.280. The Kier molecular flexibility index (Phi) is 4.56. The minimum absolute atomic E-state index is 0.280. The summed E-state index contributed by atoms with van der Waals surface area (Å²) in [5, 5.41) is 16.9. The Balaban J connectivity index is 1.83. The highest BCUT2D eigenvalue weighted by Gasteiger charge is 2.25. The van der Waals surface area contributed by atoms with Gasteiger partial charge in [-0.15, -0.1) is 0 Å². The van der Waals surface area contributed by atoms with E-state index in [-0.39, 0.29) is 5.75 Å². The number of fused-ring (bicyclic) bond motifs is 1. The fraction of sp³-hybridized carbons (Fsp3) is 0.240. The summed E-state index contributed by atoms with van der Waals surface area (Å²) < 4.78 is 2.24. The molecule has 29 heavy (non-hydrogen) atoms. The molecule has 0 spiro atoms. The lowest BCUT2D eigenvalue weighted by Gasteiger charge is -2.14. The van der Waals surface area contributed by atoms with Crippen LogP contribution in [0, 0.1) is 6.92 Å². The van der Waals surface area contributed by atoms with Crippen LogP contribution in [0.4, 0.5) is 0 Å². The molecule has 1 aliphatic rings. The maximum atomic E-state index is 9.86. The first kappa shape index (κ1) is 18.3. The van der Waals surface area contributed by atoms with Gasteiger partial charge in [0.1, 0.15) is 11.4 Å². The van der Waals surface area contributed by atoms with Crippen molar-refractivity contribution in [3.05, 3.63) is 71.2 Å². The lowest BCUT2D eigenvalue weighted by atomic mass is 9.98. The van der Waals surface area contributed by atoms with Gasteiger partial charge in [0, 0.05) is 27.1 Å². The minimum Gasteiger partial charge on any atom is -0.508 e. The van der Waals surface area contributed by atoms with Crippen LogP contribution in [0.2, 0.25) is 5.02 Å². The molecule has 0 saturated heterocycles. The molecule has 0 unspecified atom stereocenters. The first-order chi connectivity index (χ1) is 14.1. The Morgan fingerprint density at radius 1 is 0.931 bits per heavy atom. The Bertz CT molecular complexity index is 1200. The van der Waals surface area contributed by atoms with Gasteiger partial charge in [0.15, 0.2) is 0 Å². The van der Waals surface area contributed by atoms with E-state index < -0.39 is 0 Å². The molecule has 1 fully saturated rings. The number of benzene rings is 3.